The third kappa shape index (κ3) is 5.88. The van der Waals surface area contributed by atoms with Crippen molar-refractivity contribution < 1.29 is 0 Å². The Hall–Kier alpha value is -0.0500. The van der Waals surface area contributed by atoms with E-state index >= 15 is 0 Å². The molecular weight excluding hydrogens is 286 g/mol. The average molecular weight is 305 g/mol. The van der Waals surface area contributed by atoms with Gasteiger partial charge >= 0.3 is 0 Å². The highest BCUT2D eigenvalue weighted by atomic mass is 79.9. The van der Waals surface area contributed by atoms with Crippen molar-refractivity contribution in [3.05, 3.63) is 34.3 Å². The summed E-state index contributed by atoms with van der Waals surface area (Å²) in [5.41, 5.74) is 1.33. The minimum absolute atomic E-state index is 0.635. The molecule has 0 aliphatic carbocycles. The van der Waals surface area contributed by atoms with Crippen LogP contribution in [0.3, 0.4) is 0 Å². The zero-order chi connectivity index (χ0) is 11.8. The van der Waals surface area contributed by atoms with Gasteiger partial charge in [0.1, 0.15) is 0 Å². The molecule has 1 atom stereocenters. The number of hydrogen-bond acceptors (Lipinski definition) is 1. The molecule has 0 amide bonds. The van der Waals surface area contributed by atoms with Gasteiger partial charge in [0.15, 0.2) is 0 Å². The van der Waals surface area contributed by atoms with Gasteiger partial charge in [-0.3, -0.25) is 0 Å². The minimum atomic E-state index is 0.635. The fraction of sp³-hybridized carbons (Fsp3) is 0.538. The molecule has 1 unspecified atom stereocenters. The van der Waals surface area contributed by atoms with Gasteiger partial charge in [-0.25, -0.2) is 0 Å². The van der Waals surface area contributed by atoms with Gasteiger partial charge in [-0.2, -0.15) is 0 Å². The van der Waals surface area contributed by atoms with Crippen LogP contribution in [0.1, 0.15) is 25.3 Å². The first-order chi connectivity index (χ1) is 7.72. The SMILES string of the molecule is CC(CCl)CCCNCc1ccc(Br)cc1. The summed E-state index contributed by atoms with van der Waals surface area (Å²) in [5.74, 6) is 1.41. The summed E-state index contributed by atoms with van der Waals surface area (Å²) in [7, 11) is 0. The second kappa shape index (κ2) is 8.10. The molecule has 1 N–H and O–H groups in total. The molecule has 3 heteroatoms. The Morgan fingerprint density at radius 1 is 1.31 bits per heavy atom. The second-order valence-electron chi connectivity index (χ2n) is 4.20. The van der Waals surface area contributed by atoms with Crippen molar-refractivity contribution >= 4 is 27.5 Å². The summed E-state index contributed by atoms with van der Waals surface area (Å²) in [5, 5.41) is 3.44. The van der Waals surface area contributed by atoms with Crippen molar-refractivity contribution in [2.75, 3.05) is 12.4 Å². The first-order valence-corrected chi connectivity index (χ1v) is 7.06. The quantitative estimate of drug-likeness (QED) is 0.588. The Morgan fingerprint density at radius 2 is 2.00 bits per heavy atom. The van der Waals surface area contributed by atoms with E-state index in [9.17, 15) is 0 Å². The molecule has 16 heavy (non-hydrogen) atoms. The van der Waals surface area contributed by atoms with E-state index in [1.165, 1.54) is 18.4 Å². The number of hydrogen-bond donors (Lipinski definition) is 1. The molecule has 1 nitrogen and oxygen atoms in total. The molecule has 0 fully saturated rings. The van der Waals surface area contributed by atoms with Gasteiger partial charge < -0.3 is 5.32 Å². The lowest BCUT2D eigenvalue weighted by molar-refractivity contribution is 0.531. The van der Waals surface area contributed by atoms with Crippen LogP contribution in [0.15, 0.2) is 28.7 Å². The Morgan fingerprint density at radius 3 is 2.62 bits per heavy atom. The van der Waals surface area contributed by atoms with Gasteiger partial charge in [0.25, 0.3) is 0 Å². The highest BCUT2D eigenvalue weighted by Gasteiger charge is 1.99. The smallest absolute Gasteiger partial charge is 0.0249 e. The Kier molecular flexibility index (Phi) is 7.10. The zero-order valence-corrected chi connectivity index (χ0v) is 12.0. The van der Waals surface area contributed by atoms with Crippen molar-refractivity contribution in [3.8, 4) is 0 Å². The van der Waals surface area contributed by atoms with E-state index < -0.39 is 0 Å². The van der Waals surface area contributed by atoms with E-state index in [1.807, 2.05) is 0 Å². The fourth-order valence-electron chi connectivity index (χ4n) is 1.49. The largest absolute Gasteiger partial charge is 0.313 e. The van der Waals surface area contributed by atoms with Crippen molar-refractivity contribution in [3.63, 3.8) is 0 Å². The molecule has 1 rings (SSSR count). The summed E-state index contributed by atoms with van der Waals surface area (Å²) in [4.78, 5) is 0. The average Bonchev–Trinajstić information content (AvgIpc) is 2.31. The number of rotatable bonds is 7. The zero-order valence-electron chi connectivity index (χ0n) is 9.68. The van der Waals surface area contributed by atoms with Crippen molar-refractivity contribution in [2.24, 2.45) is 5.92 Å². The predicted octanol–water partition coefficient (Wildman–Crippen LogP) is 4.19. The standard InChI is InChI=1S/C13H19BrClN/c1-11(9-15)3-2-8-16-10-12-4-6-13(14)7-5-12/h4-7,11,16H,2-3,8-10H2,1H3. The molecule has 0 heterocycles. The molecule has 0 bridgehead atoms. The van der Waals surface area contributed by atoms with Gasteiger partial charge in [-0.15, -0.1) is 11.6 Å². The first kappa shape index (κ1) is 14.0. The van der Waals surface area contributed by atoms with Crippen LogP contribution in [0.5, 0.6) is 0 Å². The van der Waals surface area contributed by atoms with Gasteiger partial charge in [0.05, 0.1) is 0 Å². The van der Waals surface area contributed by atoms with E-state index in [0.29, 0.717) is 5.92 Å². The van der Waals surface area contributed by atoms with Crippen LogP contribution < -0.4 is 5.32 Å². The molecule has 0 saturated heterocycles. The van der Waals surface area contributed by atoms with Gasteiger partial charge in [0, 0.05) is 16.9 Å². The number of halogens is 2. The minimum Gasteiger partial charge on any atom is -0.313 e. The Labute approximate surface area is 112 Å². The third-order valence-corrected chi connectivity index (χ3v) is 3.61. The number of nitrogens with one attached hydrogen (secondary N) is 1. The number of benzene rings is 1. The van der Waals surface area contributed by atoms with Crippen LogP contribution in [0, 0.1) is 5.92 Å². The molecule has 0 aliphatic heterocycles. The summed E-state index contributed by atoms with van der Waals surface area (Å²) in [6, 6.07) is 8.43. The summed E-state index contributed by atoms with van der Waals surface area (Å²) < 4.78 is 1.13. The molecule has 0 radical (unpaired) electrons. The van der Waals surface area contributed by atoms with E-state index in [2.05, 4.69) is 52.4 Å². The summed E-state index contributed by atoms with van der Waals surface area (Å²) >= 11 is 9.18. The highest BCUT2D eigenvalue weighted by molar-refractivity contribution is 9.10. The molecule has 0 saturated carbocycles. The fourth-order valence-corrected chi connectivity index (χ4v) is 1.91. The van der Waals surface area contributed by atoms with Gasteiger partial charge in [-0.1, -0.05) is 35.0 Å². The maximum atomic E-state index is 5.75. The lowest BCUT2D eigenvalue weighted by atomic mass is 10.1. The summed E-state index contributed by atoms with van der Waals surface area (Å²) in [6.45, 7) is 4.21. The van der Waals surface area contributed by atoms with E-state index in [0.717, 1.165) is 23.4 Å². The molecule has 0 spiro atoms. The van der Waals surface area contributed by atoms with Crippen LogP contribution in [0.4, 0.5) is 0 Å². The molecule has 1 aromatic carbocycles. The lowest BCUT2D eigenvalue weighted by Crippen LogP contribution is -2.15. The monoisotopic (exact) mass is 303 g/mol. The van der Waals surface area contributed by atoms with E-state index in [-0.39, 0.29) is 0 Å². The summed E-state index contributed by atoms with van der Waals surface area (Å²) in [6.07, 6.45) is 2.40. The molecule has 0 aliphatic rings. The molecule has 1 aromatic rings. The maximum absolute atomic E-state index is 5.75. The maximum Gasteiger partial charge on any atom is 0.0249 e. The van der Waals surface area contributed by atoms with Gasteiger partial charge in [-0.05, 0) is 43.0 Å². The predicted molar refractivity (Wildman–Crippen MR) is 75.0 cm³/mol. The van der Waals surface area contributed by atoms with E-state index in [4.69, 9.17) is 11.6 Å². The molecular formula is C13H19BrClN. The normalized spacial score (nSPS) is 12.7. The lowest BCUT2D eigenvalue weighted by Gasteiger charge is -2.08. The van der Waals surface area contributed by atoms with E-state index in [1.54, 1.807) is 0 Å². The van der Waals surface area contributed by atoms with Crippen LogP contribution >= 0.6 is 27.5 Å². The first-order valence-electron chi connectivity index (χ1n) is 5.73. The van der Waals surface area contributed by atoms with Crippen molar-refractivity contribution in [2.45, 2.75) is 26.3 Å². The van der Waals surface area contributed by atoms with Crippen molar-refractivity contribution in [1.82, 2.24) is 5.32 Å². The van der Waals surface area contributed by atoms with Gasteiger partial charge in [0.2, 0.25) is 0 Å². The Balaban J connectivity index is 2.09. The van der Waals surface area contributed by atoms with Crippen LogP contribution in [-0.4, -0.2) is 12.4 Å². The van der Waals surface area contributed by atoms with Crippen LogP contribution in [0.25, 0.3) is 0 Å². The molecule has 90 valence electrons. The third-order valence-electron chi connectivity index (χ3n) is 2.56. The number of alkyl halides is 1. The van der Waals surface area contributed by atoms with Crippen LogP contribution in [0.2, 0.25) is 0 Å². The molecule has 0 aromatic heterocycles. The van der Waals surface area contributed by atoms with Crippen molar-refractivity contribution in [1.29, 1.82) is 0 Å². The topological polar surface area (TPSA) is 12.0 Å². The highest BCUT2D eigenvalue weighted by Crippen LogP contribution is 2.10. The second-order valence-corrected chi connectivity index (χ2v) is 5.43. The Bertz CT molecular complexity index is 286. The van der Waals surface area contributed by atoms with Crippen LogP contribution in [-0.2, 0) is 6.54 Å².